The van der Waals surface area contributed by atoms with E-state index in [1.165, 1.54) is 6.92 Å². The van der Waals surface area contributed by atoms with Crippen molar-refractivity contribution in [1.29, 1.82) is 0 Å². The summed E-state index contributed by atoms with van der Waals surface area (Å²) >= 11 is 0.110. The fraction of sp³-hybridized carbons (Fsp3) is 0.800. The second-order valence-corrected chi connectivity index (χ2v) is 4.60. The van der Waals surface area contributed by atoms with Crippen molar-refractivity contribution < 1.29 is 9.90 Å². The van der Waals surface area contributed by atoms with Crippen LogP contribution in [0.25, 0.3) is 0 Å². The summed E-state index contributed by atoms with van der Waals surface area (Å²) in [6.07, 6.45) is 0.111. The van der Waals surface area contributed by atoms with Gasteiger partial charge in [0.15, 0.2) is 0 Å². The molecule has 0 unspecified atom stereocenters. The first-order valence-electron chi connectivity index (χ1n) is 2.62. The van der Waals surface area contributed by atoms with Crippen molar-refractivity contribution in [3.63, 3.8) is 0 Å². The van der Waals surface area contributed by atoms with Crippen molar-refractivity contribution in [1.82, 2.24) is 0 Å². The van der Waals surface area contributed by atoms with Crippen LogP contribution in [-0.4, -0.2) is 28.9 Å². The normalized spacial score (nSPS) is 5.88. The average Bonchev–Trinajstić information content (AvgIpc) is 1.69. The minimum atomic E-state index is -0.995. The first-order chi connectivity index (χ1) is 3.68. The Bertz CT molecular complexity index is 54.4. The molecule has 0 atom stereocenters. The second-order valence-electron chi connectivity index (χ2n) is 1.30. The molecule has 0 rings (SSSR count). The van der Waals surface area contributed by atoms with Crippen LogP contribution in [0.1, 0.15) is 13.3 Å². The molecule has 0 heterocycles. The molecule has 0 radical (unpaired) electrons. The zero-order valence-corrected chi connectivity index (χ0v) is 8.90. The van der Waals surface area contributed by atoms with Crippen molar-refractivity contribution in [2.45, 2.75) is 22.7 Å². The standard InChI is InChI=1S/C3H6O2.2CH3.In/c1-2-3(4)5;;;/h2H2,1H3,(H,4,5);2*1H3;/q;;;+1/p-1. The molecule has 8 heavy (non-hydrogen) atoms. The Kier molecular flexibility index (Phi) is 14.5. The minimum absolute atomic E-state index is 0.110. The maximum atomic E-state index is 9.26. The van der Waals surface area contributed by atoms with Crippen molar-refractivity contribution in [3.05, 3.63) is 0 Å². The van der Waals surface area contributed by atoms with Crippen LogP contribution in [0.4, 0.5) is 0 Å². The third-order valence-corrected chi connectivity index (χ3v) is 0.289. The Labute approximate surface area is 61.6 Å². The number of rotatable bonds is 1. The third kappa shape index (κ3) is 33.0. The van der Waals surface area contributed by atoms with Gasteiger partial charge in [-0.2, -0.15) is 0 Å². The second kappa shape index (κ2) is 10.3. The zero-order valence-electron chi connectivity index (χ0n) is 5.60. The van der Waals surface area contributed by atoms with Gasteiger partial charge in [-0.25, -0.2) is 0 Å². The molecule has 0 saturated heterocycles. The van der Waals surface area contributed by atoms with Crippen LogP contribution in [0.15, 0.2) is 0 Å². The molecule has 0 bridgehead atoms. The van der Waals surface area contributed by atoms with Gasteiger partial charge in [-0.05, 0) is 6.42 Å². The predicted molar refractivity (Wildman–Crippen MR) is 32.8 cm³/mol. The molecule has 0 aromatic heterocycles. The number of carboxylic acid groups (broad SMARTS) is 1. The SMILES string of the molecule is CCC(=O)[O-].[CH3][In+][CH3]. The third-order valence-electron chi connectivity index (χ3n) is 0.289. The van der Waals surface area contributed by atoms with Gasteiger partial charge >= 0.3 is 32.3 Å². The summed E-state index contributed by atoms with van der Waals surface area (Å²) in [4.78, 5) is 9.26. The zero-order chi connectivity index (χ0) is 6.99. The molecular formula is C5H11InO2. The first kappa shape index (κ1) is 11.2. The van der Waals surface area contributed by atoms with Crippen LogP contribution in [0.2, 0.25) is 9.36 Å². The summed E-state index contributed by atoms with van der Waals surface area (Å²) < 4.78 is 4.63. The molecule has 3 heteroatoms. The van der Waals surface area contributed by atoms with Crippen LogP contribution in [0.5, 0.6) is 0 Å². The first-order valence-corrected chi connectivity index (χ1v) is 9.21. The van der Waals surface area contributed by atoms with Crippen LogP contribution >= 0.6 is 0 Å². The summed E-state index contributed by atoms with van der Waals surface area (Å²) in [5.74, 6) is -0.995. The number of aliphatic carboxylic acids is 1. The van der Waals surface area contributed by atoms with Gasteiger partial charge in [0.2, 0.25) is 0 Å². The molecule has 0 aliphatic rings. The van der Waals surface area contributed by atoms with E-state index in [9.17, 15) is 9.90 Å². The molecule has 0 aliphatic heterocycles. The Morgan fingerprint density at radius 2 is 1.75 bits per heavy atom. The molecule has 46 valence electrons. The molecule has 0 N–H and O–H groups in total. The van der Waals surface area contributed by atoms with E-state index >= 15 is 0 Å². The van der Waals surface area contributed by atoms with Crippen molar-refractivity contribution >= 4 is 28.9 Å². The quantitative estimate of drug-likeness (QED) is 0.618. The van der Waals surface area contributed by atoms with Crippen LogP contribution in [0.3, 0.4) is 0 Å². The van der Waals surface area contributed by atoms with Gasteiger partial charge in [-0.15, -0.1) is 0 Å². The van der Waals surface area contributed by atoms with E-state index in [0.717, 1.165) is 0 Å². The molecule has 0 spiro atoms. The molecule has 0 amide bonds. The van der Waals surface area contributed by atoms with Gasteiger partial charge in [-0.1, -0.05) is 6.92 Å². The number of hydrogen-bond donors (Lipinski definition) is 0. The molecule has 0 saturated carbocycles. The van der Waals surface area contributed by atoms with Crippen molar-refractivity contribution in [3.8, 4) is 0 Å². The molecule has 0 aliphatic carbocycles. The number of carbonyl (C=O) groups excluding carboxylic acids is 1. The van der Waals surface area contributed by atoms with E-state index in [-0.39, 0.29) is 29.3 Å². The van der Waals surface area contributed by atoms with Crippen molar-refractivity contribution in [2.24, 2.45) is 0 Å². The van der Waals surface area contributed by atoms with E-state index < -0.39 is 5.97 Å². The topological polar surface area (TPSA) is 40.1 Å². The van der Waals surface area contributed by atoms with Gasteiger partial charge in [0.1, 0.15) is 0 Å². The molecular weight excluding hydrogens is 207 g/mol. The van der Waals surface area contributed by atoms with E-state index in [1.807, 2.05) is 0 Å². The fourth-order valence-electron chi connectivity index (χ4n) is 0. The number of carboxylic acids is 1. The van der Waals surface area contributed by atoms with Gasteiger partial charge in [0.05, 0.1) is 0 Å². The van der Waals surface area contributed by atoms with E-state index in [2.05, 4.69) is 9.36 Å². The monoisotopic (exact) mass is 218 g/mol. The molecule has 2 nitrogen and oxygen atoms in total. The molecule has 0 fully saturated rings. The van der Waals surface area contributed by atoms with E-state index in [4.69, 9.17) is 0 Å². The van der Waals surface area contributed by atoms with Gasteiger partial charge in [0.25, 0.3) is 0 Å². The number of carbonyl (C=O) groups is 1. The van der Waals surface area contributed by atoms with Gasteiger partial charge < -0.3 is 9.90 Å². The average molecular weight is 218 g/mol. The van der Waals surface area contributed by atoms with E-state index in [1.54, 1.807) is 0 Å². The summed E-state index contributed by atoms with van der Waals surface area (Å²) in [6.45, 7) is 1.54. The van der Waals surface area contributed by atoms with Crippen LogP contribution in [0, 0.1) is 0 Å². The van der Waals surface area contributed by atoms with Gasteiger partial charge in [0, 0.05) is 5.97 Å². The Morgan fingerprint density at radius 1 is 1.62 bits per heavy atom. The van der Waals surface area contributed by atoms with E-state index in [0.29, 0.717) is 0 Å². The fourth-order valence-corrected chi connectivity index (χ4v) is 0. The summed E-state index contributed by atoms with van der Waals surface area (Å²) in [7, 11) is 0. The Morgan fingerprint density at radius 3 is 1.75 bits per heavy atom. The van der Waals surface area contributed by atoms with Crippen LogP contribution in [-0.2, 0) is 4.79 Å². The summed E-state index contributed by atoms with van der Waals surface area (Å²) in [5.41, 5.74) is 0. The predicted octanol–water partition coefficient (Wildman–Crippen LogP) is -0.0669. The summed E-state index contributed by atoms with van der Waals surface area (Å²) in [6, 6.07) is 0. The Balaban J connectivity index is 0. The molecule has 0 aromatic rings. The molecule has 0 aromatic carbocycles. The maximum absolute atomic E-state index is 9.26. The van der Waals surface area contributed by atoms with Crippen molar-refractivity contribution in [2.75, 3.05) is 0 Å². The Hall–Kier alpha value is 0.340. The van der Waals surface area contributed by atoms with Gasteiger partial charge in [-0.3, -0.25) is 0 Å². The number of hydrogen-bond acceptors (Lipinski definition) is 2. The summed E-state index contributed by atoms with van der Waals surface area (Å²) in [5, 5.41) is 9.26. The van der Waals surface area contributed by atoms with Crippen LogP contribution < -0.4 is 5.11 Å².